The smallest absolute Gasteiger partial charge is 0.159 e. The third-order valence-electron chi connectivity index (χ3n) is 5.05. The Morgan fingerprint density at radius 2 is 2.04 bits per heavy atom. The van der Waals surface area contributed by atoms with Gasteiger partial charge in [0.05, 0.1) is 11.7 Å². The molecule has 0 unspecified atom stereocenters. The van der Waals surface area contributed by atoms with E-state index in [1.54, 1.807) is 12.3 Å². The molecule has 1 aromatic carbocycles. The molecule has 2 atom stereocenters. The first-order chi connectivity index (χ1) is 12.0. The van der Waals surface area contributed by atoms with Gasteiger partial charge in [-0.25, -0.2) is 8.78 Å². The van der Waals surface area contributed by atoms with E-state index >= 15 is 0 Å². The first-order valence-electron chi connectivity index (χ1n) is 8.33. The predicted molar refractivity (Wildman–Crippen MR) is 93.1 cm³/mol. The Hall–Kier alpha value is -2.31. The molecule has 1 saturated heterocycles. The van der Waals surface area contributed by atoms with Crippen molar-refractivity contribution in [1.82, 2.24) is 14.5 Å². The van der Waals surface area contributed by atoms with Crippen LogP contribution in [-0.4, -0.2) is 33.6 Å². The molecular formula is C19H20F2N4. The van der Waals surface area contributed by atoms with Gasteiger partial charge in [0.15, 0.2) is 11.6 Å². The van der Waals surface area contributed by atoms with Gasteiger partial charge in [0.25, 0.3) is 0 Å². The van der Waals surface area contributed by atoms with Crippen LogP contribution < -0.4 is 5.73 Å². The van der Waals surface area contributed by atoms with Crippen molar-refractivity contribution in [2.24, 2.45) is 12.8 Å². The molecule has 0 saturated carbocycles. The second kappa shape index (κ2) is 6.20. The Balaban J connectivity index is 1.57. The van der Waals surface area contributed by atoms with Crippen molar-refractivity contribution >= 4 is 10.9 Å². The summed E-state index contributed by atoms with van der Waals surface area (Å²) in [6.07, 6.45) is 5.78. The number of hydrogen-bond donors (Lipinski definition) is 1. The summed E-state index contributed by atoms with van der Waals surface area (Å²) in [6, 6.07) is 6.09. The summed E-state index contributed by atoms with van der Waals surface area (Å²) in [4.78, 5) is 6.39. The van der Waals surface area contributed by atoms with Gasteiger partial charge in [-0.2, -0.15) is 0 Å². The molecule has 0 aliphatic carbocycles. The van der Waals surface area contributed by atoms with Crippen LogP contribution in [0.4, 0.5) is 8.78 Å². The van der Waals surface area contributed by atoms with E-state index < -0.39 is 11.6 Å². The third kappa shape index (κ3) is 2.92. The van der Waals surface area contributed by atoms with Crippen LogP contribution in [0.25, 0.3) is 10.9 Å². The molecule has 0 amide bonds. The predicted octanol–water partition coefficient (Wildman–Crippen LogP) is 2.78. The average molecular weight is 342 g/mol. The molecule has 25 heavy (non-hydrogen) atoms. The van der Waals surface area contributed by atoms with Crippen molar-refractivity contribution < 1.29 is 8.78 Å². The van der Waals surface area contributed by atoms with Gasteiger partial charge >= 0.3 is 0 Å². The first-order valence-corrected chi connectivity index (χ1v) is 8.33. The number of benzene rings is 1. The Kier molecular flexibility index (Phi) is 4.01. The quantitative estimate of drug-likeness (QED) is 0.796. The van der Waals surface area contributed by atoms with Gasteiger partial charge in [-0.15, -0.1) is 0 Å². The summed E-state index contributed by atoms with van der Waals surface area (Å²) >= 11 is 0. The number of halogens is 2. The van der Waals surface area contributed by atoms with Crippen LogP contribution in [0.3, 0.4) is 0 Å². The molecule has 1 fully saturated rings. The number of pyridine rings is 1. The highest BCUT2D eigenvalue weighted by molar-refractivity contribution is 5.83. The van der Waals surface area contributed by atoms with Gasteiger partial charge in [-0.1, -0.05) is 6.07 Å². The maximum Gasteiger partial charge on any atom is 0.159 e. The van der Waals surface area contributed by atoms with Crippen LogP contribution in [-0.2, 0) is 13.6 Å². The van der Waals surface area contributed by atoms with Crippen molar-refractivity contribution in [2.75, 3.05) is 13.1 Å². The lowest BCUT2D eigenvalue weighted by molar-refractivity contribution is 0.323. The molecule has 130 valence electrons. The van der Waals surface area contributed by atoms with Gasteiger partial charge in [-0.3, -0.25) is 9.88 Å². The standard InChI is InChI=1S/C19H20F2N4/c1-24-9-14(13-4-5-23-7-19(13)24)15-10-25(11-18(15)22)8-12-2-3-16(20)17(21)6-12/h2-7,9,15,18H,8,10-11,22H2,1H3/t15-,18+/m0/s1. The van der Waals surface area contributed by atoms with Crippen LogP contribution >= 0.6 is 0 Å². The van der Waals surface area contributed by atoms with Gasteiger partial charge in [-0.05, 0) is 29.3 Å². The largest absolute Gasteiger partial charge is 0.349 e. The van der Waals surface area contributed by atoms with Gasteiger partial charge in [0.2, 0.25) is 0 Å². The van der Waals surface area contributed by atoms with Gasteiger partial charge in [0, 0.05) is 56.4 Å². The summed E-state index contributed by atoms with van der Waals surface area (Å²) in [6.45, 7) is 2.08. The van der Waals surface area contributed by atoms with E-state index in [4.69, 9.17) is 5.73 Å². The topological polar surface area (TPSA) is 47.1 Å². The fourth-order valence-electron chi connectivity index (χ4n) is 3.82. The van der Waals surface area contributed by atoms with Crippen molar-refractivity contribution in [3.8, 4) is 0 Å². The summed E-state index contributed by atoms with van der Waals surface area (Å²) in [5, 5.41) is 1.17. The summed E-state index contributed by atoms with van der Waals surface area (Å²) < 4.78 is 28.6. The number of fused-ring (bicyclic) bond motifs is 1. The van der Waals surface area contributed by atoms with E-state index in [2.05, 4.69) is 20.6 Å². The number of rotatable bonds is 3. The fraction of sp³-hybridized carbons (Fsp3) is 0.316. The Labute approximate surface area is 144 Å². The third-order valence-corrected chi connectivity index (χ3v) is 5.05. The number of nitrogens with two attached hydrogens (primary N) is 1. The Morgan fingerprint density at radius 1 is 1.20 bits per heavy atom. The molecule has 1 aliphatic rings. The fourth-order valence-corrected chi connectivity index (χ4v) is 3.82. The molecule has 3 aromatic rings. The minimum absolute atomic E-state index is 0.00376. The Bertz CT molecular complexity index is 921. The van der Waals surface area contributed by atoms with E-state index in [-0.39, 0.29) is 12.0 Å². The van der Waals surface area contributed by atoms with Crippen LogP contribution in [0.2, 0.25) is 0 Å². The number of aromatic nitrogens is 2. The minimum Gasteiger partial charge on any atom is -0.349 e. The van der Waals surface area contributed by atoms with Crippen molar-refractivity contribution in [3.05, 3.63) is 65.6 Å². The SMILES string of the molecule is Cn1cc([C@@H]2CN(Cc3ccc(F)c(F)c3)C[C@H]2N)c2ccncc21. The highest BCUT2D eigenvalue weighted by atomic mass is 19.2. The van der Waals surface area contributed by atoms with E-state index in [9.17, 15) is 8.78 Å². The van der Waals surface area contributed by atoms with E-state index in [0.717, 1.165) is 24.2 Å². The van der Waals surface area contributed by atoms with E-state index in [1.807, 2.05) is 19.3 Å². The molecule has 1 aliphatic heterocycles. The van der Waals surface area contributed by atoms with Gasteiger partial charge in [0.1, 0.15) is 0 Å². The molecule has 0 radical (unpaired) electrons. The first kappa shape index (κ1) is 16.2. The zero-order valence-electron chi connectivity index (χ0n) is 14.0. The molecule has 2 aromatic heterocycles. The van der Waals surface area contributed by atoms with E-state index in [0.29, 0.717) is 6.54 Å². The molecule has 0 bridgehead atoms. The summed E-state index contributed by atoms with van der Waals surface area (Å²) in [5.41, 5.74) is 9.48. The maximum absolute atomic E-state index is 13.4. The maximum atomic E-state index is 13.4. The molecule has 0 spiro atoms. The zero-order chi connectivity index (χ0) is 17.6. The summed E-state index contributed by atoms with van der Waals surface area (Å²) in [7, 11) is 2.01. The molecule has 4 rings (SSSR count). The van der Waals surface area contributed by atoms with Crippen molar-refractivity contribution in [1.29, 1.82) is 0 Å². The van der Waals surface area contributed by atoms with Gasteiger partial charge < -0.3 is 10.3 Å². The monoisotopic (exact) mass is 342 g/mol. The number of nitrogens with zero attached hydrogens (tertiary/aromatic N) is 3. The number of hydrogen-bond acceptors (Lipinski definition) is 3. The molecule has 3 heterocycles. The number of likely N-dealkylation sites (tertiary alicyclic amines) is 1. The number of aryl methyl sites for hydroxylation is 1. The average Bonchev–Trinajstić information content (AvgIpc) is 3.11. The van der Waals surface area contributed by atoms with Crippen LogP contribution in [0.15, 0.2) is 42.9 Å². The lowest BCUT2D eigenvalue weighted by atomic mass is 9.95. The summed E-state index contributed by atoms with van der Waals surface area (Å²) in [5.74, 6) is -1.42. The van der Waals surface area contributed by atoms with Crippen LogP contribution in [0.5, 0.6) is 0 Å². The lowest BCUT2D eigenvalue weighted by Gasteiger charge is -2.16. The molecule has 2 N–H and O–H groups in total. The Morgan fingerprint density at radius 3 is 2.84 bits per heavy atom. The molecule has 4 nitrogen and oxygen atoms in total. The van der Waals surface area contributed by atoms with Crippen LogP contribution in [0, 0.1) is 11.6 Å². The highest BCUT2D eigenvalue weighted by Gasteiger charge is 2.33. The normalized spacial score (nSPS) is 21.3. The lowest BCUT2D eigenvalue weighted by Crippen LogP contribution is -2.28. The van der Waals surface area contributed by atoms with Crippen LogP contribution in [0.1, 0.15) is 17.0 Å². The highest BCUT2D eigenvalue weighted by Crippen LogP contribution is 2.33. The minimum atomic E-state index is -0.816. The molecule has 6 heteroatoms. The zero-order valence-corrected chi connectivity index (χ0v) is 14.0. The van der Waals surface area contributed by atoms with Crippen molar-refractivity contribution in [3.63, 3.8) is 0 Å². The second-order valence-corrected chi connectivity index (χ2v) is 6.80. The van der Waals surface area contributed by atoms with E-state index in [1.165, 1.54) is 23.1 Å². The van der Waals surface area contributed by atoms with Crippen molar-refractivity contribution in [2.45, 2.75) is 18.5 Å². The second-order valence-electron chi connectivity index (χ2n) is 6.80. The molecular weight excluding hydrogens is 322 g/mol.